The van der Waals surface area contributed by atoms with E-state index < -0.39 is 44.0 Å². The van der Waals surface area contributed by atoms with E-state index in [1.807, 2.05) is 0 Å². The second kappa shape index (κ2) is 12.4. The molecule has 26 heavy (non-hydrogen) atoms. The average Bonchev–Trinajstić information content (AvgIpc) is 2.57. The fourth-order valence-corrected chi connectivity index (χ4v) is 2.16. The molecule has 0 aromatic carbocycles. The van der Waals surface area contributed by atoms with Gasteiger partial charge in [-0.1, -0.05) is 12.8 Å². The van der Waals surface area contributed by atoms with Gasteiger partial charge in [0.1, 0.15) is 24.4 Å². The number of amides is 1. The van der Waals surface area contributed by atoms with Gasteiger partial charge in [-0.15, -0.1) is 13.2 Å². The fraction of sp³-hybridized carbons (Fsp3) is 0.933. The maximum Gasteiger partial charge on any atom is 0.522 e. The Kier molecular flexibility index (Phi) is 11.9. The number of rotatable bonds is 13. The second-order valence-electron chi connectivity index (χ2n) is 6.03. The van der Waals surface area contributed by atoms with Gasteiger partial charge in [0, 0.05) is 20.0 Å². The van der Waals surface area contributed by atoms with E-state index in [2.05, 4.69) is 4.74 Å². The van der Waals surface area contributed by atoms with E-state index in [0.29, 0.717) is 19.3 Å². The standard InChI is InChI=1S/C15H28F3NO7/c1-19(8-10(21)13(24)14(25)11(22)9-20)12(23)6-4-2-3-5-7-26-15(16,17)18/h10-11,13-14,20-22,24-25H,2-9H2,1H3. The molecule has 0 aliphatic heterocycles. The molecule has 4 unspecified atom stereocenters. The highest BCUT2D eigenvalue weighted by Crippen LogP contribution is 2.17. The van der Waals surface area contributed by atoms with E-state index in [4.69, 9.17) is 5.11 Å². The van der Waals surface area contributed by atoms with Crippen LogP contribution >= 0.6 is 0 Å². The van der Waals surface area contributed by atoms with Gasteiger partial charge in [-0.25, -0.2) is 0 Å². The lowest BCUT2D eigenvalue weighted by Crippen LogP contribution is -2.49. The summed E-state index contributed by atoms with van der Waals surface area (Å²) in [7, 11) is 1.38. The zero-order chi connectivity index (χ0) is 20.3. The van der Waals surface area contributed by atoms with Crippen molar-refractivity contribution in [3.05, 3.63) is 0 Å². The van der Waals surface area contributed by atoms with Gasteiger partial charge in [-0.3, -0.25) is 9.53 Å². The molecular weight excluding hydrogens is 363 g/mol. The van der Waals surface area contributed by atoms with Crippen LogP contribution < -0.4 is 0 Å². The van der Waals surface area contributed by atoms with Crippen molar-refractivity contribution in [3.63, 3.8) is 0 Å². The first-order valence-electron chi connectivity index (χ1n) is 8.27. The molecule has 0 aliphatic rings. The van der Waals surface area contributed by atoms with E-state index in [-0.39, 0.29) is 25.3 Å². The van der Waals surface area contributed by atoms with Gasteiger partial charge < -0.3 is 30.4 Å². The SMILES string of the molecule is CN(CC(O)C(O)C(O)C(O)CO)C(=O)CCCCCCOC(F)(F)F. The van der Waals surface area contributed by atoms with Crippen molar-refractivity contribution >= 4 is 5.91 Å². The number of aliphatic hydroxyl groups excluding tert-OH is 5. The van der Waals surface area contributed by atoms with Crippen molar-refractivity contribution in [2.45, 2.75) is 62.9 Å². The first-order valence-corrected chi connectivity index (χ1v) is 8.27. The molecular formula is C15H28F3NO7. The monoisotopic (exact) mass is 391 g/mol. The molecule has 0 aliphatic carbocycles. The normalized spacial score (nSPS) is 16.8. The number of unbranched alkanes of at least 4 members (excludes halogenated alkanes) is 3. The summed E-state index contributed by atoms with van der Waals surface area (Å²) in [5.74, 6) is -0.347. The van der Waals surface area contributed by atoms with E-state index in [1.54, 1.807) is 0 Å². The molecule has 0 fully saturated rings. The van der Waals surface area contributed by atoms with Gasteiger partial charge >= 0.3 is 6.36 Å². The Hall–Kier alpha value is -0.980. The Morgan fingerprint density at radius 3 is 2.08 bits per heavy atom. The van der Waals surface area contributed by atoms with Crippen LogP contribution in [0.1, 0.15) is 32.1 Å². The summed E-state index contributed by atoms with van der Waals surface area (Å²) in [6.07, 6.45) is -9.52. The summed E-state index contributed by atoms with van der Waals surface area (Å²) in [5, 5.41) is 46.9. The van der Waals surface area contributed by atoms with Crippen LogP contribution in [0.4, 0.5) is 13.2 Å². The number of nitrogens with zero attached hydrogens (tertiary/aromatic N) is 1. The number of halogens is 3. The maximum atomic E-state index is 11.9. The molecule has 0 aromatic heterocycles. The van der Waals surface area contributed by atoms with Crippen molar-refractivity contribution in [2.75, 3.05) is 26.8 Å². The van der Waals surface area contributed by atoms with E-state index in [9.17, 15) is 38.4 Å². The molecule has 0 rings (SSSR count). The lowest BCUT2D eigenvalue weighted by atomic mass is 10.0. The van der Waals surface area contributed by atoms with Crippen LogP contribution in [0, 0.1) is 0 Å². The molecule has 0 saturated heterocycles. The Bertz CT molecular complexity index is 398. The Balaban J connectivity index is 3.98. The largest absolute Gasteiger partial charge is 0.522 e. The zero-order valence-electron chi connectivity index (χ0n) is 14.6. The lowest BCUT2D eigenvalue weighted by molar-refractivity contribution is -0.324. The van der Waals surface area contributed by atoms with Gasteiger partial charge in [0.05, 0.1) is 13.2 Å². The zero-order valence-corrected chi connectivity index (χ0v) is 14.6. The van der Waals surface area contributed by atoms with Crippen molar-refractivity contribution in [1.82, 2.24) is 4.90 Å². The Morgan fingerprint density at radius 1 is 1.00 bits per heavy atom. The third-order valence-corrected chi connectivity index (χ3v) is 3.76. The van der Waals surface area contributed by atoms with Crippen molar-refractivity contribution in [2.24, 2.45) is 0 Å². The fourth-order valence-electron chi connectivity index (χ4n) is 2.16. The van der Waals surface area contributed by atoms with E-state index in [0.717, 1.165) is 4.90 Å². The number of ether oxygens (including phenoxy) is 1. The average molecular weight is 391 g/mol. The van der Waals surface area contributed by atoms with Crippen LogP contribution in [0.15, 0.2) is 0 Å². The van der Waals surface area contributed by atoms with Crippen molar-refractivity contribution in [3.8, 4) is 0 Å². The summed E-state index contributed by atoms with van der Waals surface area (Å²) < 4.78 is 38.9. The van der Waals surface area contributed by atoms with Crippen LogP contribution in [0.2, 0.25) is 0 Å². The number of likely N-dealkylation sites (N-methyl/N-ethyl adjacent to an activating group) is 1. The number of carbonyl (C=O) groups is 1. The summed E-state index contributed by atoms with van der Waals surface area (Å²) in [6.45, 7) is -1.52. The first-order chi connectivity index (χ1) is 12.0. The predicted molar refractivity (Wildman–Crippen MR) is 83.8 cm³/mol. The molecule has 8 nitrogen and oxygen atoms in total. The third-order valence-electron chi connectivity index (χ3n) is 3.76. The maximum absolute atomic E-state index is 11.9. The van der Waals surface area contributed by atoms with Crippen LogP contribution in [0.5, 0.6) is 0 Å². The predicted octanol–water partition coefficient (Wildman–Crippen LogP) is -0.632. The molecule has 4 atom stereocenters. The van der Waals surface area contributed by atoms with Gasteiger partial charge in [-0.2, -0.15) is 0 Å². The first kappa shape index (κ1) is 25.0. The minimum absolute atomic E-state index is 0.112. The topological polar surface area (TPSA) is 131 Å². The molecule has 156 valence electrons. The quantitative estimate of drug-likeness (QED) is 0.264. The number of hydrogen-bond donors (Lipinski definition) is 5. The number of hydrogen-bond acceptors (Lipinski definition) is 7. The van der Waals surface area contributed by atoms with Gasteiger partial charge in [-0.05, 0) is 12.8 Å². The summed E-state index contributed by atoms with van der Waals surface area (Å²) in [6, 6.07) is 0. The second-order valence-corrected chi connectivity index (χ2v) is 6.03. The van der Waals surface area contributed by atoms with Gasteiger partial charge in [0.25, 0.3) is 0 Å². The van der Waals surface area contributed by atoms with Crippen molar-refractivity contribution < 1.29 is 48.2 Å². The van der Waals surface area contributed by atoms with Crippen LogP contribution in [0.25, 0.3) is 0 Å². The summed E-state index contributed by atoms with van der Waals surface area (Å²) >= 11 is 0. The van der Waals surface area contributed by atoms with Crippen LogP contribution in [-0.4, -0.2) is 93.9 Å². The van der Waals surface area contributed by atoms with Crippen LogP contribution in [0.3, 0.4) is 0 Å². The molecule has 0 bridgehead atoms. The number of carbonyl (C=O) groups excluding carboxylic acids is 1. The number of alkyl halides is 3. The molecule has 0 saturated carbocycles. The lowest BCUT2D eigenvalue weighted by Gasteiger charge is -2.28. The van der Waals surface area contributed by atoms with Gasteiger partial charge in [0.2, 0.25) is 5.91 Å². The minimum atomic E-state index is -4.63. The molecule has 0 heterocycles. The third kappa shape index (κ3) is 10.9. The molecule has 5 N–H and O–H groups in total. The highest BCUT2D eigenvalue weighted by Gasteiger charge is 2.31. The van der Waals surface area contributed by atoms with Crippen LogP contribution in [-0.2, 0) is 9.53 Å². The van der Waals surface area contributed by atoms with E-state index >= 15 is 0 Å². The van der Waals surface area contributed by atoms with Crippen molar-refractivity contribution in [1.29, 1.82) is 0 Å². The molecule has 0 radical (unpaired) electrons. The minimum Gasteiger partial charge on any atom is -0.394 e. The molecule has 0 spiro atoms. The summed E-state index contributed by atoms with van der Waals surface area (Å²) in [5.41, 5.74) is 0. The van der Waals surface area contributed by atoms with Gasteiger partial charge in [0.15, 0.2) is 0 Å². The molecule has 0 aromatic rings. The summed E-state index contributed by atoms with van der Waals surface area (Å²) in [4.78, 5) is 13.0. The molecule has 1 amide bonds. The Labute approximate surface area is 149 Å². The smallest absolute Gasteiger partial charge is 0.394 e. The number of aliphatic hydroxyl groups is 5. The Morgan fingerprint density at radius 2 is 1.54 bits per heavy atom. The van der Waals surface area contributed by atoms with E-state index in [1.165, 1.54) is 7.05 Å². The highest BCUT2D eigenvalue weighted by molar-refractivity contribution is 5.75. The molecule has 11 heteroatoms. The highest BCUT2D eigenvalue weighted by atomic mass is 19.4.